The van der Waals surface area contributed by atoms with Gasteiger partial charge in [0.05, 0.1) is 12.6 Å². The highest BCUT2D eigenvalue weighted by molar-refractivity contribution is 5.97. The monoisotopic (exact) mass is 193 g/mol. The minimum Gasteiger partial charge on any atom is -0.392 e. The van der Waals surface area contributed by atoms with E-state index in [0.29, 0.717) is 12.1 Å². The molecule has 1 unspecified atom stereocenters. The first-order chi connectivity index (χ1) is 6.70. The minimum absolute atomic E-state index is 0.0475. The molecular formula is C11H15NO2. The predicted octanol–water partition coefficient (Wildman–Crippen LogP) is 0.840. The molecule has 0 aliphatic heterocycles. The normalized spacial score (nSPS) is 12.4. The quantitative estimate of drug-likeness (QED) is 0.681. The van der Waals surface area contributed by atoms with Gasteiger partial charge in [-0.15, -0.1) is 0 Å². The summed E-state index contributed by atoms with van der Waals surface area (Å²) < 4.78 is 0. The molecule has 0 radical (unpaired) electrons. The molecule has 0 saturated heterocycles. The number of aliphatic hydroxyl groups excluding tert-OH is 1. The maximum Gasteiger partial charge on any atom is 0.176 e. The molecule has 0 aliphatic carbocycles. The largest absolute Gasteiger partial charge is 0.392 e. The Labute approximate surface area is 83.8 Å². The summed E-state index contributed by atoms with van der Waals surface area (Å²) in [7, 11) is 0. The molecule has 0 aromatic heterocycles. The van der Waals surface area contributed by atoms with E-state index >= 15 is 0 Å². The van der Waals surface area contributed by atoms with Crippen molar-refractivity contribution < 1.29 is 9.90 Å². The van der Waals surface area contributed by atoms with Crippen LogP contribution in [-0.4, -0.2) is 30.1 Å². The molecule has 0 aliphatic rings. The summed E-state index contributed by atoms with van der Waals surface area (Å²) in [5.41, 5.74) is 0.700. The van der Waals surface area contributed by atoms with E-state index in [-0.39, 0.29) is 12.3 Å². The van der Waals surface area contributed by atoms with E-state index in [1.165, 1.54) is 0 Å². The van der Waals surface area contributed by atoms with E-state index in [2.05, 4.69) is 5.32 Å². The van der Waals surface area contributed by atoms with Crippen molar-refractivity contribution in [2.75, 3.05) is 13.1 Å². The lowest BCUT2D eigenvalue weighted by Gasteiger charge is -2.05. The van der Waals surface area contributed by atoms with Gasteiger partial charge in [0.2, 0.25) is 0 Å². The fourth-order valence-corrected chi connectivity index (χ4v) is 1.12. The lowest BCUT2D eigenvalue weighted by Crippen LogP contribution is -2.29. The molecule has 14 heavy (non-hydrogen) atoms. The number of rotatable bonds is 5. The van der Waals surface area contributed by atoms with Crippen LogP contribution in [0.25, 0.3) is 0 Å². The third kappa shape index (κ3) is 3.68. The Balaban J connectivity index is 2.36. The molecule has 0 amide bonds. The summed E-state index contributed by atoms with van der Waals surface area (Å²) in [5.74, 6) is 0.0475. The van der Waals surface area contributed by atoms with Crippen molar-refractivity contribution in [1.82, 2.24) is 5.32 Å². The highest BCUT2D eigenvalue weighted by Gasteiger charge is 2.04. The average Bonchev–Trinajstić information content (AvgIpc) is 2.18. The fraction of sp³-hybridized carbons (Fsp3) is 0.364. The van der Waals surface area contributed by atoms with Gasteiger partial charge in [-0.1, -0.05) is 30.3 Å². The van der Waals surface area contributed by atoms with E-state index < -0.39 is 6.10 Å². The highest BCUT2D eigenvalue weighted by Crippen LogP contribution is 1.98. The van der Waals surface area contributed by atoms with Gasteiger partial charge in [0, 0.05) is 12.1 Å². The van der Waals surface area contributed by atoms with Crippen LogP contribution in [0.1, 0.15) is 17.3 Å². The van der Waals surface area contributed by atoms with E-state index in [1.54, 1.807) is 19.1 Å². The molecule has 3 heteroatoms. The molecule has 0 saturated carbocycles. The molecule has 1 atom stereocenters. The summed E-state index contributed by atoms with van der Waals surface area (Å²) in [6.07, 6.45) is -0.418. The number of aliphatic hydroxyl groups is 1. The Morgan fingerprint density at radius 2 is 2.07 bits per heavy atom. The Kier molecular flexibility index (Phi) is 4.29. The van der Waals surface area contributed by atoms with Crippen molar-refractivity contribution in [3.63, 3.8) is 0 Å². The minimum atomic E-state index is -0.418. The van der Waals surface area contributed by atoms with Crippen LogP contribution in [-0.2, 0) is 0 Å². The number of benzene rings is 1. The molecule has 0 fully saturated rings. The van der Waals surface area contributed by atoms with Gasteiger partial charge in [-0.25, -0.2) is 0 Å². The second kappa shape index (κ2) is 5.52. The number of nitrogens with one attached hydrogen (secondary N) is 1. The van der Waals surface area contributed by atoms with Crippen molar-refractivity contribution in [1.29, 1.82) is 0 Å². The number of carbonyl (C=O) groups is 1. The average molecular weight is 193 g/mol. The standard InChI is InChI=1S/C11H15NO2/c1-9(13)7-12-8-11(14)10-5-3-2-4-6-10/h2-6,9,12-13H,7-8H2,1H3. The van der Waals surface area contributed by atoms with Crippen LogP contribution in [0.5, 0.6) is 0 Å². The first kappa shape index (κ1) is 10.9. The Morgan fingerprint density at radius 1 is 1.43 bits per heavy atom. The lowest BCUT2D eigenvalue weighted by molar-refractivity contribution is 0.0985. The van der Waals surface area contributed by atoms with Crippen LogP contribution < -0.4 is 5.32 Å². The van der Waals surface area contributed by atoms with Crippen LogP contribution in [0.3, 0.4) is 0 Å². The number of hydrogen-bond acceptors (Lipinski definition) is 3. The molecule has 0 heterocycles. The molecule has 1 aromatic rings. The summed E-state index contributed by atoms with van der Waals surface area (Å²) in [4.78, 5) is 11.5. The third-order valence-electron chi connectivity index (χ3n) is 1.82. The smallest absolute Gasteiger partial charge is 0.176 e. The first-order valence-corrected chi connectivity index (χ1v) is 4.67. The number of carbonyl (C=O) groups excluding carboxylic acids is 1. The van der Waals surface area contributed by atoms with Crippen molar-refractivity contribution in [3.8, 4) is 0 Å². The second-order valence-electron chi connectivity index (χ2n) is 3.27. The van der Waals surface area contributed by atoms with Crippen LogP contribution >= 0.6 is 0 Å². The zero-order valence-electron chi connectivity index (χ0n) is 8.23. The molecule has 0 spiro atoms. The van der Waals surface area contributed by atoms with Gasteiger partial charge in [0.1, 0.15) is 0 Å². The van der Waals surface area contributed by atoms with Gasteiger partial charge in [-0.2, -0.15) is 0 Å². The second-order valence-corrected chi connectivity index (χ2v) is 3.27. The van der Waals surface area contributed by atoms with Gasteiger partial charge >= 0.3 is 0 Å². The molecule has 3 nitrogen and oxygen atoms in total. The zero-order chi connectivity index (χ0) is 10.4. The first-order valence-electron chi connectivity index (χ1n) is 4.67. The zero-order valence-corrected chi connectivity index (χ0v) is 8.23. The van der Waals surface area contributed by atoms with Crippen molar-refractivity contribution in [3.05, 3.63) is 35.9 Å². The summed E-state index contributed by atoms with van der Waals surface area (Å²) in [6.45, 7) is 2.40. The van der Waals surface area contributed by atoms with Crippen LogP contribution in [0, 0.1) is 0 Å². The number of ketones is 1. The van der Waals surface area contributed by atoms with Gasteiger partial charge in [0.15, 0.2) is 5.78 Å². The van der Waals surface area contributed by atoms with Gasteiger partial charge in [0.25, 0.3) is 0 Å². The van der Waals surface area contributed by atoms with Crippen LogP contribution in [0.15, 0.2) is 30.3 Å². The maximum atomic E-state index is 11.5. The van der Waals surface area contributed by atoms with Gasteiger partial charge < -0.3 is 10.4 Å². The SMILES string of the molecule is CC(O)CNCC(=O)c1ccccc1. The highest BCUT2D eigenvalue weighted by atomic mass is 16.3. The molecular weight excluding hydrogens is 178 g/mol. The van der Waals surface area contributed by atoms with Crippen molar-refractivity contribution in [2.24, 2.45) is 0 Å². The summed E-state index contributed by atoms with van der Waals surface area (Å²) in [6, 6.07) is 9.11. The third-order valence-corrected chi connectivity index (χ3v) is 1.82. The summed E-state index contributed by atoms with van der Waals surface area (Å²) >= 11 is 0. The topological polar surface area (TPSA) is 49.3 Å². The summed E-state index contributed by atoms with van der Waals surface area (Å²) in [5, 5.41) is 11.8. The van der Waals surface area contributed by atoms with E-state index in [0.717, 1.165) is 0 Å². The van der Waals surface area contributed by atoms with Crippen molar-refractivity contribution in [2.45, 2.75) is 13.0 Å². The Hall–Kier alpha value is -1.19. The molecule has 2 N–H and O–H groups in total. The van der Waals surface area contributed by atoms with Crippen LogP contribution in [0.4, 0.5) is 0 Å². The lowest BCUT2D eigenvalue weighted by atomic mass is 10.1. The van der Waals surface area contributed by atoms with Crippen molar-refractivity contribution >= 4 is 5.78 Å². The van der Waals surface area contributed by atoms with Gasteiger partial charge in [-0.05, 0) is 6.92 Å². The van der Waals surface area contributed by atoms with E-state index in [1.807, 2.05) is 18.2 Å². The van der Waals surface area contributed by atoms with Crippen LogP contribution in [0.2, 0.25) is 0 Å². The predicted molar refractivity (Wildman–Crippen MR) is 55.3 cm³/mol. The number of hydrogen-bond donors (Lipinski definition) is 2. The molecule has 76 valence electrons. The molecule has 1 aromatic carbocycles. The Morgan fingerprint density at radius 3 is 2.64 bits per heavy atom. The van der Waals surface area contributed by atoms with Gasteiger partial charge in [-0.3, -0.25) is 4.79 Å². The Bertz CT molecular complexity index is 283. The molecule has 1 rings (SSSR count). The molecule has 0 bridgehead atoms. The number of Topliss-reactive ketones (excluding diaryl/α,β-unsaturated/α-hetero) is 1. The fourth-order valence-electron chi connectivity index (χ4n) is 1.12. The van der Waals surface area contributed by atoms with E-state index in [4.69, 9.17) is 5.11 Å². The van der Waals surface area contributed by atoms with E-state index in [9.17, 15) is 4.79 Å². The maximum absolute atomic E-state index is 11.5.